The molecule has 0 saturated carbocycles. The van der Waals surface area contributed by atoms with Crippen molar-refractivity contribution in [1.82, 2.24) is 4.98 Å². The quantitative estimate of drug-likeness (QED) is 0.857. The van der Waals surface area contributed by atoms with E-state index in [0.29, 0.717) is 0 Å². The molecule has 0 saturated heterocycles. The largest absolute Gasteiger partial charge is 0.323 e. The molecule has 108 valence electrons. The first kappa shape index (κ1) is 14.2. The van der Waals surface area contributed by atoms with E-state index in [9.17, 15) is 0 Å². The van der Waals surface area contributed by atoms with Crippen LogP contribution in [-0.4, -0.2) is 4.98 Å². The molecule has 0 aliphatic heterocycles. The molecule has 0 amide bonds. The van der Waals surface area contributed by atoms with Crippen molar-refractivity contribution in [3.8, 4) is 0 Å². The number of aromatic nitrogens is 1. The minimum atomic E-state index is 0.108. The summed E-state index contributed by atoms with van der Waals surface area (Å²) >= 11 is 3.73. The van der Waals surface area contributed by atoms with Gasteiger partial charge < -0.3 is 5.73 Å². The number of rotatable bonds is 3. The van der Waals surface area contributed by atoms with Gasteiger partial charge in [-0.25, -0.2) is 4.98 Å². The summed E-state index contributed by atoms with van der Waals surface area (Å²) in [6, 6.07) is 2.47. The predicted octanol–water partition coefficient (Wildman–Crippen LogP) is 4.33. The number of hydrogen-bond donors (Lipinski definition) is 1. The first-order valence-electron chi connectivity index (χ1n) is 7.43. The monoisotopic (exact) mass is 306 g/mol. The lowest BCUT2D eigenvalue weighted by Crippen LogP contribution is -2.11. The highest BCUT2D eigenvalue weighted by molar-refractivity contribution is 7.12. The zero-order valence-corrected chi connectivity index (χ0v) is 13.9. The SMILES string of the molecule is Cc1nc(CC(N)c2cc3c(s2)CCCCC3)sc1C. The second-order valence-corrected chi connectivity index (χ2v) is 8.17. The van der Waals surface area contributed by atoms with Crippen LogP contribution in [0.3, 0.4) is 0 Å². The molecule has 20 heavy (non-hydrogen) atoms. The van der Waals surface area contributed by atoms with Crippen LogP contribution < -0.4 is 5.73 Å². The van der Waals surface area contributed by atoms with Gasteiger partial charge in [-0.1, -0.05) is 6.42 Å². The number of hydrogen-bond acceptors (Lipinski definition) is 4. The zero-order chi connectivity index (χ0) is 14.1. The number of nitrogens with zero attached hydrogens (tertiary/aromatic N) is 1. The fraction of sp³-hybridized carbons (Fsp3) is 0.562. The van der Waals surface area contributed by atoms with E-state index in [1.807, 2.05) is 11.3 Å². The van der Waals surface area contributed by atoms with Crippen LogP contribution in [0.4, 0.5) is 0 Å². The summed E-state index contributed by atoms with van der Waals surface area (Å²) in [5.41, 5.74) is 9.13. The fourth-order valence-electron chi connectivity index (χ4n) is 2.79. The lowest BCUT2D eigenvalue weighted by atomic mass is 10.1. The Hall–Kier alpha value is -0.710. The summed E-state index contributed by atoms with van der Waals surface area (Å²) in [6.07, 6.45) is 7.42. The van der Waals surface area contributed by atoms with E-state index in [1.165, 1.54) is 46.9 Å². The maximum Gasteiger partial charge on any atom is 0.0950 e. The van der Waals surface area contributed by atoms with Crippen LogP contribution >= 0.6 is 22.7 Å². The van der Waals surface area contributed by atoms with Crippen LogP contribution in [0.25, 0.3) is 0 Å². The van der Waals surface area contributed by atoms with Gasteiger partial charge in [0.05, 0.1) is 10.7 Å². The molecule has 2 aromatic heterocycles. The van der Waals surface area contributed by atoms with Crippen LogP contribution in [0.5, 0.6) is 0 Å². The van der Waals surface area contributed by atoms with Crippen molar-refractivity contribution in [2.24, 2.45) is 5.73 Å². The first-order valence-corrected chi connectivity index (χ1v) is 9.06. The van der Waals surface area contributed by atoms with E-state index in [-0.39, 0.29) is 6.04 Å². The minimum Gasteiger partial charge on any atom is -0.323 e. The van der Waals surface area contributed by atoms with E-state index >= 15 is 0 Å². The number of aryl methyl sites for hydroxylation is 4. The number of thiophene rings is 1. The first-order chi connectivity index (χ1) is 9.63. The van der Waals surface area contributed by atoms with Crippen LogP contribution in [0.2, 0.25) is 0 Å². The molecule has 0 fully saturated rings. The third kappa shape index (κ3) is 2.97. The zero-order valence-electron chi connectivity index (χ0n) is 12.2. The summed E-state index contributed by atoms with van der Waals surface area (Å²) in [7, 11) is 0. The number of thiazole rings is 1. The molecule has 0 aromatic carbocycles. The Labute approximate surface area is 129 Å². The lowest BCUT2D eigenvalue weighted by Gasteiger charge is -2.07. The summed E-state index contributed by atoms with van der Waals surface area (Å²) in [5.74, 6) is 0. The summed E-state index contributed by atoms with van der Waals surface area (Å²) < 4.78 is 0. The molecule has 1 atom stereocenters. The molecule has 1 aliphatic carbocycles. The van der Waals surface area contributed by atoms with Crippen LogP contribution in [0, 0.1) is 13.8 Å². The molecule has 0 spiro atoms. The smallest absolute Gasteiger partial charge is 0.0950 e. The Morgan fingerprint density at radius 2 is 2.00 bits per heavy atom. The van der Waals surface area contributed by atoms with Crippen molar-refractivity contribution in [2.45, 2.75) is 58.4 Å². The van der Waals surface area contributed by atoms with E-state index in [1.54, 1.807) is 21.8 Å². The van der Waals surface area contributed by atoms with Gasteiger partial charge in [-0.05, 0) is 51.2 Å². The molecule has 0 radical (unpaired) electrons. The molecule has 0 bridgehead atoms. The van der Waals surface area contributed by atoms with Crippen LogP contribution in [0.15, 0.2) is 6.07 Å². The Morgan fingerprint density at radius 1 is 1.20 bits per heavy atom. The predicted molar refractivity (Wildman–Crippen MR) is 87.8 cm³/mol. The van der Waals surface area contributed by atoms with Crippen molar-refractivity contribution in [3.05, 3.63) is 37.0 Å². The van der Waals surface area contributed by atoms with E-state index in [2.05, 4.69) is 24.9 Å². The highest BCUT2D eigenvalue weighted by Crippen LogP contribution is 2.33. The van der Waals surface area contributed by atoms with Gasteiger partial charge in [0.2, 0.25) is 0 Å². The second-order valence-electron chi connectivity index (χ2n) is 5.72. The molecule has 2 N–H and O–H groups in total. The third-order valence-corrected chi connectivity index (χ3v) is 6.56. The summed E-state index contributed by atoms with van der Waals surface area (Å²) in [5, 5.41) is 1.18. The molecule has 2 heterocycles. The molecule has 1 aliphatic rings. The summed E-state index contributed by atoms with van der Waals surface area (Å²) in [6.45, 7) is 4.21. The lowest BCUT2D eigenvalue weighted by molar-refractivity contribution is 0.708. The van der Waals surface area contributed by atoms with Crippen molar-refractivity contribution in [2.75, 3.05) is 0 Å². The Bertz CT molecular complexity index is 555. The molecule has 2 aromatic rings. The van der Waals surface area contributed by atoms with Crippen LogP contribution in [0.1, 0.15) is 56.2 Å². The topological polar surface area (TPSA) is 38.9 Å². The highest BCUT2D eigenvalue weighted by atomic mass is 32.1. The van der Waals surface area contributed by atoms with Gasteiger partial charge in [0.25, 0.3) is 0 Å². The van der Waals surface area contributed by atoms with Gasteiger partial charge in [-0.15, -0.1) is 22.7 Å². The molecule has 3 rings (SSSR count). The maximum atomic E-state index is 6.41. The Kier molecular flexibility index (Phi) is 4.24. The van der Waals surface area contributed by atoms with Crippen molar-refractivity contribution in [3.63, 3.8) is 0 Å². The fourth-order valence-corrected chi connectivity index (χ4v) is 5.04. The van der Waals surface area contributed by atoms with Gasteiger partial charge in [0.1, 0.15) is 0 Å². The van der Waals surface area contributed by atoms with Crippen molar-refractivity contribution >= 4 is 22.7 Å². The maximum absolute atomic E-state index is 6.41. The highest BCUT2D eigenvalue weighted by Gasteiger charge is 2.17. The standard InChI is InChI=1S/C16H22N2S2/c1-10-11(2)19-16(18-10)9-13(17)15-8-12-6-4-3-5-7-14(12)20-15/h8,13H,3-7,9,17H2,1-2H3. The van der Waals surface area contributed by atoms with Gasteiger partial charge in [-0.2, -0.15) is 0 Å². The van der Waals surface area contributed by atoms with Gasteiger partial charge in [0, 0.05) is 27.1 Å². The third-order valence-electron chi connectivity index (χ3n) is 4.10. The normalized spacial score (nSPS) is 16.8. The minimum absolute atomic E-state index is 0.108. The number of nitrogens with two attached hydrogens (primary N) is 1. The van der Waals surface area contributed by atoms with Gasteiger partial charge >= 0.3 is 0 Å². The second kappa shape index (κ2) is 5.96. The molecular weight excluding hydrogens is 284 g/mol. The average molecular weight is 306 g/mol. The molecule has 2 nitrogen and oxygen atoms in total. The van der Waals surface area contributed by atoms with Crippen molar-refractivity contribution < 1.29 is 0 Å². The molecule has 1 unspecified atom stereocenters. The number of fused-ring (bicyclic) bond motifs is 1. The van der Waals surface area contributed by atoms with Crippen LogP contribution in [-0.2, 0) is 19.3 Å². The van der Waals surface area contributed by atoms with Gasteiger partial charge in [-0.3, -0.25) is 0 Å². The average Bonchev–Trinajstić information content (AvgIpc) is 2.87. The molecular formula is C16H22N2S2. The van der Waals surface area contributed by atoms with Gasteiger partial charge in [0.15, 0.2) is 0 Å². The van der Waals surface area contributed by atoms with Crippen molar-refractivity contribution in [1.29, 1.82) is 0 Å². The van der Waals surface area contributed by atoms with E-state index < -0.39 is 0 Å². The van der Waals surface area contributed by atoms with E-state index in [0.717, 1.165) is 12.1 Å². The Balaban J connectivity index is 1.75. The molecule has 4 heteroatoms. The van der Waals surface area contributed by atoms with E-state index in [4.69, 9.17) is 5.73 Å². The Morgan fingerprint density at radius 3 is 2.75 bits per heavy atom. The summed E-state index contributed by atoms with van der Waals surface area (Å²) in [4.78, 5) is 8.86.